The molecule has 1 saturated heterocycles. The molecule has 0 bridgehead atoms. The van der Waals surface area contributed by atoms with Crippen molar-refractivity contribution in [2.75, 3.05) is 58.4 Å². The number of fused-ring (bicyclic) bond motifs is 1. The molecule has 0 spiro atoms. The normalized spacial score (nSPS) is 18.0. The summed E-state index contributed by atoms with van der Waals surface area (Å²) in [5, 5.41) is 33.7. The first-order valence-electron chi connectivity index (χ1n) is 16.6. The van der Waals surface area contributed by atoms with E-state index in [9.17, 15) is 32.9 Å². The molecule has 3 aromatic rings. The van der Waals surface area contributed by atoms with Crippen LogP contribution in [0.2, 0.25) is 0 Å². The Hall–Kier alpha value is -5.00. The number of halogens is 4. The minimum Gasteiger partial charge on any atom is -0.477 e. The predicted octanol–water partition coefficient (Wildman–Crippen LogP) is 3.92. The largest absolute Gasteiger partial charge is 0.477 e. The Balaban J connectivity index is 1.37. The van der Waals surface area contributed by atoms with E-state index >= 15 is 4.39 Å². The number of alkyl carbamates (subject to hydrolysis) is 1. The van der Waals surface area contributed by atoms with Gasteiger partial charge in [-0.25, -0.2) is 18.5 Å². The molecule has 0 aliphatic carbocycles. The predicted molar refractivity (Wildman–Crippen MR) is 181 cm³/mol. The van der Waals surface area contributed by atoms with E-state index in [2.05, 4.69) is 32.7 Å². The highest BCUT2D eigenvalue weighted by Gasteiger charge is 2.37. The molecule has 16 nitrogen and oxygen atoms in total. The highest BCUT2D eigenvalue weighted by atomic mass is 19.4. The molecule has 0 saturated carbocycles. The van der Waals surface area contributed by atoms with Gasteiger partial charge in [0.05, 0.1) is 62.2 Å². The number of nitrogens with zero attached hydrogens (tertiary/aromatic N) is 6. The number of hydrogen-bond acceptors (Lipinski definition) is 11. The van der Waals surface area contributed by atoms with Crippen molar-refractivity contribution >= 4 is 29.2 Å². The smallest absolute Gasteiger partial charge is 0.408 e. The van der Waals surface area contributed by atoms with Gasteiger partial charge >= 0.3 is 24.1 Å². The lowest BCUT2D eigenvalue weighted by Crippen LogP contribution is -2.53. The number of amides is 1. The maximum atomic E-state index is 15.6. The van der Waals surface area contributed by atoms with Crippen molar-refractivity contribution in [1.82, 2.24) is 29.6 Å². The molecule has 4 rings (SSSR count). The lowest BCUT2D eigenvalue weighted by Gasteiger charge is -2.40. The Labute approximate surface area is 301 Å². The van der Waals surface area contributed by atoms with Gasteiger partial charge in [-0.15, -0.1) is 0 Å². The SMILES string of the molecule is CN1C[C@H](CCOCCOCCn2cc(C(=O)O)c([N+](=O)[O-])n2)[C@@H](Nc2cccc3c(CC(F)(F)F)c(C#CCNC(=O)OC(C)(C)C)nn23)[C@@H](F)C1. The van der Waals surface area contributed by atoms with Crippen LogP contribution in [0.1, 0.15) is 48.8 Å². The van der Waals surface area contributed by atoms with Crippen molar-refractivity contribution in [1.29, 1.82) is 0 Å². The Morgan fingerprint density at radius 1 is 1.11 bits per heavy atom. The van der Waals surface area contributed by atoms with E-state index in [0.29, 0.717) is 13.0 Å². The second-order valence-electron chi connectivity index (χ2n) is 13.4. The third-order valence-corrected chi connectivity index (χ3v) is 7.92. The number of nitro groups is 1. The number of carbonyl (C=O) groups excluding carboxylic acids is 1. The molecular weight excluding hydrogens is 712 g/mol. The first-order valence-corrected chi connectivity index (χ1v) is 16.6. The van der Waals surface area contributed by atoms with Gasteiger partial charge < -0.3 is 45.0 Å². The zero-order chi connectivity index (χ0) is 38.9. The summed E-state index contributed by atoms with van der Waals surface area (Å²) in [6.45, 7) is 6.27. The lowest BCUT2D eigenvalue weighted by molar-refractivity contribution is -0.390. The van der Waals surface area contributed by atoms with Crippen molar-refractivity contribution in [2.45, 2.75) is 64.1 Å². The molecular formula is C33H42F4N8O8. The first kappa shape index (κ1) is 40.8. The molecule has 1 amide bonds. The molecule has 1 aliphatic rings. The van der Waals surface area contributed by atoms with Gasteiger partial charge in [-0.05, 0) is 63.1 Å². The number of piperidine rings is 1. The van der Waals surface area contributed by atoms with Gasteiger partial charge in [0.1, 0.15) is 23.3 Å². The third-order valence-electron chi connectivity index (χ3n) is 7.92. The highest BCUT2D eigenvalue weighted by molar-refractivity contribution is 5.91. The molecule has 0 unspecified atom stereocenters. The van der Waals surface area contributed by atoms with E-state index in [1.54, 1.807) is 40.0 Å². The Morgan fingerprint density at radius 2 is 1.83 bits per heavy atom. The van der Waals surface area contributed by atoms with Gasteiger partial charge in [-0.3, -0.25) is 0 Å². The van der Waals surface area contributed by atoms with E-state index < -0.39 is 58.8 Å². The first-order chi connectivity index (χ1) is 24.9. The standard InChI is InChI=1S/C33H42F4N8O8/c1-32(2,3)53-31(48)38-11-6-7-25-22(17-33(35,36)37)26-8-5-9-27(44(26)40-25)39-28-21(18-42(4)20-24(28)34)10-13-51-15-16-52-14-12-43-19-23(30(46)47)29(41-43)45(49)50/h5,8-9,19,21,24,28,39H,10-18,20H2,1-4H3,(H,38,48)(H,46,47)/t21-,24-,28+/m0/s1. The Kier molecular flexibility index (Phi) is 13.6. The van der Waals surface area contributed by atoms with E-state index in [0.717, 1.165) is 10.9 Å². The number of ether oxygens (including phenoxy) is 3. The van der Waals surface area contributed by atoms with E-state index in [1.165, 1.54) is 10.6 Å². The molecule has 53 heavy (non-hydrogen) atoms. The van der Waals surface area contributed by atoms with Crippen LogP contribution < -0.4 is 10.6 Å². The summed E-state index contributed by atoms with van der Waals surface area (Å²) < 4.78 is 75.3. The number of alkyl halides is 4. The van der Waals surface area contributed by atoms with Crippen molar-refractivity contribution in [3.8, 4) is 11.8 Å². The number of rotatable bonds is 15. The lowest BCUT2D eigenvalue weighted by atomic mass is 9.88. The minimum atomic E-state index is -4.57. The van der Waals surface area contributed by atoms with Gasteiger partial charge in [-0.1, -0.05) is 12.0 Å². The molecule has 3 N–H and O–H groups in total. The topological polar surface area (TPSA) is 188 Å². The Morgan fingerprint density at radius 3 is 2.47 bits per heavy atom. The highest BCUT2D eigenvalue weighted by Crippen LogP contribution is 2.30. The second kappa shape index (κ2) is 17.7. The fourth-order valence-electron chi connectivity index (χ4n) is 5.73. The zero-order valence-corrected chi connectivity index (χ0v) is 29.6. The maximum absolute atomic E-state index is 15.6. The number of carboxylic acid groups (broad SMARTS) is 1. The number of nitrogens with one attached hydrogen (secondary N) is 2. The number of aromatic carboxylic acids is 1. The van der Waals surface area contributed by atoms with Crippen LogP contribution in [-0.2, 0) is 27.2 Å². The molecule has 1 aliphatic heterocycles. The van der Waals surface area contributed by atoms with Crippen molar-refractivity contribution in [2.24, 2.45) is 5.92 Å². The molecule has 290 valence electrons. The fourth-order valence-corrected chi connectivity index (χ4v) is 5.73. The van der Waals surface area contributed by atoms with Gasteiger partial charge in [-0.2, -0.15) is 23.0 Å². The molecule has 0 aromatic carbocycles. The van der Waals surface area contributed by atoms with Gasteiger partial charge in [0, 0.05) is 25.3 Å². The number of likely N-dealkylation sites (tertiary alicyclic amines) is 1. The number of aromatic nitrogens is 4. The average molecular weight is 755 g/mol. The van der Waals surface area contributed by atoms with Crippen LogP contribution in [0.5, 0.6) is 0 Å². The van der Waals surface area contributed by atoms with Crippen molar-refractivity contribution in [3.05, 3.63) is 51.3 Å². The van der Waals surface area contributed by atoms with Crippen molar-refractivity contribution < 1.29 is 51.4 Å². The quantitative estimate of drug-likeness (QED) is 0.0669. The molecule has 1 fully saturated rings. The maximum Gasteiger partial charge on any atom is 0.408 e. The van der Waals surface area contributed by atoms with E-state index in [-0.39, 0.29) is 74.6 Å². The van der Waals surface area contributed by atoms with Crippen LogP contribution in [0, 0.1) is 27.9 Å². The van der Waals surface area contributed by atoms with E-state index in [4.69, 9.17) is 19.3 Å². The van der Waals surface area contributed by atoms with Gasteiger partial charge in [0.25, 0.3) is 0 Å². The molecule has 20 heteroatoms. The van der Waals surface area contributed by atoms with E-state index in [1.807, 2.05) is 4.90 Å². The van der Waals surface area contributed by atoms with Crippen LogP contribution in [0.3, 0.4) is 0 Å². The van der Waals surface area contributed by atoms with Crippen LogP contribution in [0.4, 0.5) is 34.0 Å². The van der Waals surface area contributed by atoms with Crippen LogP contribution in [-0.4, -0.2) is 123 Å². The zero-order valence-electron chi connectivity index (χ0n) is 29.6. The summed E-state index contributed by atoms with van der Waals surface area (Å²) >= 11 is 0. The molecule has 3 aromatic heterocycles. The Bertz CT molecular complexity index is 1780. The van der Waals surface area contributed by atoms with Crippen LogP contribution >= 0.6 is 0 Å². The monoisotopic (exact) mass is 754 g/mol. The number of carbonyl (C=O) groups is 2. The second-order valence-corrected chi connectivity index (χ2v) is 13.4. The average Bonchev–Trinajstić information content (AvgIpc) is 3.63. The third kappa shape index (κ3) is 12.0. The van der Waals surface area contributed by atoms with Gasteiger partial charge in [0.2, 0.25) is 0 Å². The summed E-state index contributed by atoms with van der Waals surface area (Å²) in [4.78, 5) is 35.1. The molecule has 0 radical (unpaired) electrons. The minimum absolute atomic E-state index is 0.0772. The number of anilines is 1. The summed E-state index contributed by atoms with van der Waals surface area (Å²) in [5.41, 5.74) is -1.41. The van der Waals surface area contributed by atoms with Gasteiger partial charge in [0.15, 0.2) is 5.56 Å². The summed E-state index contributed by atoms with van der Waals surface area (Å²) in [7, 11) is 1.79. The number of carboxylic acids is 1. The van der Waals surface area contributed by atoms with Crippen LogP contribution in [0.15, 0.2) is 24.4 Å². The number of pyridine rings is 1. The van der Waals surface area contributed by atoms with Crippen LogP contribution in [0.25, 0.3) is 5.52 Å². The summed E-state index contributed by atoms with van der Waals surface area (Å²) in [6, 6.07) is 3.90. The van der Waals surface area contributed by atoms with Crippen molar-refractivity contribution in [3.63, 3.8) is 0 Å². The summed E-state index contributed by atoms with van der Waals surface area (Å²) in [5.74, 6) is 3.05. The number of hydrogen-bond donors (Lipinski definition) is 3. The molecule has 4 heterocycles. The molecule has 3 atom stereocenters. The summed E-state index contributed by atoms with van der Waals surface area (Å²) in [6.07, 6.45) is -6.44. The fraction of sp³-hybridized carbons (Fsp3) is 0.576.